The van der Waals surface area contributed by atoms with Crippen LogP contribution >= 0.6 is 0 Å². The fourth-order valence-electron chi connectivity index (χ4n) is 3.17. The summed E-state index contributed by atoms with van der Waals surface area (Å²) in [6.45, 7) is 5.60. The van der Waals surface area contributed by atoms with E-state index in [0.29, 0.717) is 12.1 Å². The zero-order valence-electron chi connectivity index (χ0n) is 14.4. The van der Waals surface area contributed by atoms with Crippen LogP contribution in [0.1, 0.15) is 34.3 Å². The van der Waals surface area contributed by atoms with Crippen molar-refractivity contribution in [2.75, 3.05) is 18.4 Å². The standard InChI is InChI=1S/C20H25N3O/c1-14-7-5-11-18(15(14)2)22-19-10-4-3-9-17(19)20(24)23-12-6-8-16(21)13-23/h3-5,7,9-11,16,22H,6,8,12-13,21H2,1-2H3. The van der Waals surface area contributed by atoms with Crippen molar-refractivity contribution < 1.29 is 4.79 Å². The maximum Gasteiger partial charge on any atom is 0.256 e. The first kappa shape index (κ1) is 16.5. The van der Waals surface area contributed by atoms with Crippen LogP contribution in [0, 0.1) is 13.8 Å². The van der Waals surface area contributed by atoms with Gasteiger partial charge in [-0.25, -0.2) is 0 Å². The fourth-order valence-corrected chi connectivity index (χ4v) is 3.17. The number of nitrogens with zero attached hydrogens (tertiary/aromatic N) is 1. The van der Waals surface area contributed by atoms with Crippen molar-refractivity contribution in [1.29, 1.82) is 0 Å². The van der Waals surface area contributed by atoms with Crippen LogP contribution < -0.4 is 11.1 Å². The summed E-state index contributed by atoms with van der Waals surface area (Å²) in [6.07, 6.45) is 1.96. The molecule has 2 aromatic rings. The first-order valence-corrected chi connectivity index (χ1v) is 8.53. The average molecular weight is 323 g/mol. The van der Waals surface area contributed by atoms with E-state index in [2.05, 4.69) is 25.2 Å². The van der Waals surface area contributed by atoms with Crippen LogP contribution in [0.5, 0.6) is 0 Å². The van der Waals surface area contributed by atoms with E-state index in [0.717, 1.165) is 30.8 Å². The number of anilines is 2. The highest BCUT2D eigenvalue weighted by atomic mass is 16.2. The normalized spacial score (nSPS) is 17.6. The highest BCUT2D eigenvalue weighted by Gasteiger charge is 2.24. The van der Waals surface area contributed by atoms with Gasteiger partial charge in [-0.3, -0.25) is 4.79 Å². The Kier molecular flexibility index (Phi) is 4.86. The summed E-state index contributed by atoms with van der Waals surface area (Å²) in [5, 5.41) is 3.43. The lowest BCUT2D eigenvalue weighted by atomic mass is 10.0. The summed E-state index contributed by atoms with van der Waals surface area (Å²) in [4.78, 5) is 14.8. The molecule has 4 heteroatoms. The van der Waals surface area contributed by atoms with Crippen LogP contribution in [0.25, 0.3) is 0 Å². The number of carbonyl (C=O) groups excluding carboxylic acids is 1. The summed E-state index contributed by atoms with van der Waals surface area (Å²) in [7, 11) is 0. The van der Waals surface area contributed by atoms with Gasteiger partial charge in [0.05, 0.1) is 11.3 Å². The van der Waals surface area contributed by atoms with Crippen LogP contribution in [-0.2, 0) is 0 Å². The summed E-state index contributed by atoms with van der Waals surface area (Å²) < 4.78 is 0. The van der Waals surface area contributed by atoms with Crippen LogP contribution in [0.3, 0.4) is 0 Å². The van der Waals surface area contributed by atoms with E-state index in [1.807, 2.05) is 41.3 Å². The molecule has 1 fully saturated rings. The van der Waals surface area contributed by atoms with Crippen molar-refractivity contribution in [3.8, 4) is 0 Å². The Morgan fingerprint density at radius 3 is 2.67 bits per heavy atom. The van der Waals surface area contributed by atoms with Crippen molar-refractivity contribution >= 4 is 17.3 Å². The maximum absolute atomic E-state index is 12.9. The molecule has 3 N–H and O–H groups in total. The smallest absolute Gasteiger partial charge is 0.256 e. The fraction of sp³-hybridized carbons (Fsp3) is 0.350. The molecule has 1 unspecified atom stereocenters. The topological polar surface area (TPSA) is 58.4 Å². The van der Waals surface area contributed by atoms with Crippen LogP contribution in [0.4, 0.5) is 11.4 Å². The number of aryl methyl sites for hydroxylation is 1. The Labute approximate surface area is 143 Å². The predicted octanol–water partition coefficient (Wildman–Crippen LogP) is 3.61. The first-order valence-electron chi connectivity index (χ1n) is 8.53. The number of nitrogens with two attached hydrogens (primary N) is 1. The maximum atomic E-state index is 12.9. The van der Waals surface area contributed by atoms with Gasteiger partial charge in [0.15, 0.2) is 0 Å². The quantitative estimate of drug-likeness (QED) is 0.907. The first-order chi connectivity index (χ1) is 11.6. The number of nitrogens with one attached hydrogen (secondary N) is 1. The second-order valence-corrected chi connectivity index (χ2v) is 6.57. The molecular weight excluding hydrogens is 298 g/mol. The van der Waals surface area contributed by atoms with E-state index < -0.39 is 0 Å². The molecule has 0 spiro atoms. The molecule has 0 aliphatic carbocycles. The van der Waals surface area contributed by atoms with Gasteiger partial charge in [-0.15, -0.1) is 0 Å². The molecule has 0 aromatic heterocycles. The van der Waals surface area contributed by atoms with Gasteiger partial charge in [0.25, 0.3) is 5.91 Å². The van der Waals surface area contributed by atoms with Crippen LogP contribution in [0.15, 0.2) is 42.5 Å². The Morgan fingerprint density at radius 1 is 1.12 bits per heavy atom. The number of amides is 1. The highest BCUT2D eigenvalue weighted by molar-refractivity contribution is 6.00. The number of hydrogen-bond acceptors (Lipinski definition) is 3. The molecule has 1 amide bonds. The molecular formula is C20H25N3O. The molecule has 1 saturated heterocycles. The molecule has 3 rings (SSSR count). The number of piperidine rings is 1. The summed E-state index contributed by atoms with van der Waals surface area (Å²) >= 11 is 0. The Bertz CT molecular complexity index is 741. The lowest BCUT2D eigenvalue weighted by Gasteiger charge is -2.31. The molecule has 1 aliphatic rings. The van der Waals surface area contributed by atoms with Crippen LogP contribution in [0.2, 0.25) is 0 Å². The molecule has 1 heterocycles. The lowest BCUT2D eigenvalue weighted by molar-refractivity contribution is 0.0710. The van der Waals surface area contributed by atoms with Crippen molar-refractivity contribution in [3.63, 3.8) is 0 Å². The van der Waals surface area contributed by atoms with E-state index in [4.69, 9.17) is 5.73 Å². The largest absolute Gasteiger partial charge is 0.355 e. The number of benzene rings is 2. The van der Waals surface area contributed by atoms with Gasteiger partial charge >= 0.3 is 0 Å². The van der Waals surface area contributed by atoms with Gasteiger partial charge in [0.1, 0.15) is 0 Å². The van der Waals surface area contributed by atoms with Gasteiger partial charge in [-0.2, -0.15) is 0 Å². The van der Waals surface area contributed by atoms with E-state index in [9.17, 15) is 4.79 Å². The summed E-state index contributed by atoms with van der Waals surface area (Å²) in [5.74, 6) is 0.0542. The molecule has 1 atom stereocenters. The SMILES string of the molecule is Cc1cccc(Nc2ccccc2C(=O)N2CCCC(N)C2)c1C. The van der Waals surface area contributed by atoms with E-state index >= 15 is 0 Å². The Hall–Kier alpha value is -2.33. The molecule has 2 aromatic carbocycles. The molecule has 0 bridgehead atoms. The number of carbonyl (C=O) groups is 1. The zero-order chi connectivity index (χ0) is 17.1. The van der Waals surface area contributed by atoms with Crippen molar-refractivity contribution in [3.05, 3.63) is 59.2 Å². The van der Waals surface area contributed by atoms with Crippen LogP contribution in [-0.4, -0.2) is 29.9 Å². The molecule has 0 saturated carbocycles. The minimum Gasteiger partial charge on any atom is -0.355 e. The Balaban J connectivity index is 1.88. The van der Waals surface area contributed by atoms with E-state index in [-0.39, 0.29) is 11.9 Å². The Morgan fingerprint density at radius 2 is 1.88 bits per heavy atom. The molecule has 1 aliphatic heterocycles. The van der Waals surface area contributed by atoms with Gasteiger partial charge in [-0.05, 0) is 56.0 Å². The van der Waals surface area contributed by atoms with E-state index in [1.165, 1.54) is 11.1 Å². The second-order valence-electron chi connectivity index (χ2n) is 6.57. The average Bonchev–Trinajstić information content (AvgIpc) is 2.59. The minimum atomic E-state index is 0.0542. The summed E-state index contributed by atoms with van der Waals surface area (Å²) in [6, 6.07) is 13.9. The number of hydrogen-bond donors (Lipinski definition) is 2. The third-order valence-electron chi connectivity index (χ3n) is 4.78. The highest BCUT2D eigenvalue weighted by Crippen LogP contribution is 2.26. The van der Waals surface area contributed by atoms with Gasteiger partial charge in [0, 0.05) is 24.8 Å². The molecule has 126 valence electrons. The van der Waals surface area contributed by atoms with Crippen molar-refractivity contribution in [2.45, 2.75) is 32.7 Å². The van der Waals surface area contributed by atoms with Gasteiger partial charge in [0.2, 0.25) is 0 Å². The predicted molar refractivity (Wildman–Crippen MR) is 98.8 cm³/mol. The second kappa shape index (κ2) is 7.05. The number of likely N-dealkylation sites (tertiary alicyclic amines) is 1. The number of para-hydroxylation sites is 1. The van der Waals surface area contributed by atoms with Gasteiger partial charge in [-0.1, -0.05) is 24.3 Å². The molecule has 4 nitrogen and oxygen atoms in total. The molecule has 0 radical (unpaired) electrons. The van der Waals surface area contributed by atoms with E-state index in [1.54, 1.807) is 0 Å². The third-order valence-corrected chi connectivity index (χ3v) is 4.78. The monoisotopic (exact) mass is 323 g/mol. The third kappa shape index (κ3) is 3.44. The van der Waals surface area contributed by atoms with Gasteiger partial charge < -0.3 is 16.0 Å². The minimum absolute atomic E-state index is 0.0542. The van der Waals surface area contributed by atoms with Crippen molar-refractivity contribution in [1.82, 2.24) is 4.90 Å². The molecule has 24 heavy (non-hydrogen) atoms. The zero-order valence-corrected chi connectivity index (χ0v) is 14.4. The lowest BCUT2D eigenvalue weighted by Crippen LogP contribution is -2.45. The summed E-state index contributed by atoms with van der Waals surface area (Å²) in [5.41, 5.74) is 11.0. The van der Waals surface area contributed by atoms with Crippen molar-refractivity contribution in [2.24, 2.45) is 5.73 Å². The number of rotatable bonds is 3.